The van der Waals surface area contributed by atoms with Crippen molar-refractivity contribution < 1.29 is 17.5 Å². The molecule has 0 aromatic heterocycles. The molecule has 0 radical (unpaired) electrons. The maximum absolute atomic E-state index is 10.3. The first-order valence-electron chi connectivity index (χ1n) is 12.6. The summed E-state index contributed by atoms with van der Waals surface area (Å²) in [5.41, 5.74) is 0. The molecule has 5 heteroatoms. The van der Waals surface area contributed by atoms with Crippen molar-refractivity contribution in [2.75, 3.05) is 31.9 Å². The van der Waals surface area contributed by atoms with Gasteiger partial charge in [0.05, 0.1) is 36.3 Å². The van der Waals surface area contributed by atoms with Gasteiger partial charge in [0.2, 0.25) is 0 Å². The topological polar surface area (TPSA) is 57.2 Å². The monoisotopic (exact) mass is 435 g/mol. The van der Waals surface area contributed by atoms with Crippen LogP contribution in [-0.4, -0.2) is 49.4 Å². The van der Waals surface area contributed by atoms with Crippen LogP contribution in [0, 0.1) is 0 Å². The molecular formula is C24H53NO3S. The SMILES string of the molecule is CCCCCCCCCCCCS(=O)(=O)[O-].CCC[N+](CCC)(CCC)CCC. The molecule has 0 fully saturated rings. The number of unbranched alkanes of at least 4 members (excludes halogenated alkanes) is 9. The van der Waals surface area contributed by atoms with E-state index in [2.05, 4.69) is 34.6 Å². The van der Waals surface area contributed by atoms with Gasteiger partial charge in [-0.1, -0.05) is 92.4 Å². The second-order valence-electron chi connectivity index (χ2n) is 8.68. The van der Waals surface area contributed by atoms with Crippen LogP contribution in [0.5, 0.6) is 0 Å². The lowest BCUT2D eigenvalue weighted by atomic mass is 10.1. The lowest BCUT2D eigenvalue weighted by Gasteiger charge is -2.38. The molecule has 0 saturated carbocycles. The van der Waals surface area contributed by atoms with Crippen molar-refractivity contribution >= 4 is 10.1 Å². The summed E-state index contributed by atoms with van der Waals surface area (Å²) in [6.07, 6.45) is 16.8. The van der Waals surface area contributed by atoms with E-state index in [-0.39, 0.29) is 5.75 Å². The van der Waals surface area contributed by atoms with Gasteiger partial charge in [0.15, 0.2) is 0 Å². The van der Waals surface area contributed by atoms with Gasteiger partial charge in [-0.25, -0.2) is 8.42 Å². The van der Waals surface area contributed by atoms with Crippen LogP contribution >= 0.6 is 0 Å². The highest BCUT2D eigenvalue weighted by Crippen LogP contribution is 2.13. The molecule has 0 heterocycles. The van der Waals surface area contributed by atoms with Gasteiger partial charge in [-0.2, -0.15) is 0 Å². The highest BCUT2D eigenvalue weighted by molar-refractivity contribution is 7.85. The Bertz CT molecular complexity index is 394. The van der Waals surface area contributed by atoms with Crippen LogP contribution in [0.4, 0.5) is 0 Å². The zero-order valence-corrected chi connectivity index (χ0v) is 21.3. The maximum atomic E-state index is 10.3. The minimum Gasteiger partial charge on any atom is -0.748 e. The lowest BCUT2D eigenvalue weighted by Crippen LogP contribution is -2.50. The van der Waals surface area contributed by atoms with E-state index in [1.54, 1.807) is 0 Å². The van der Waals surface area contributed by atoms with Gasteiger partial charge in [-0.15, -0.1) is 0 Å². The van der Waals surface area contributed by atoms with E-state index in [1.807, 2.05) is 0 Å². The van der Waals surface area contributed by atoms with Crippen molar-refractivity contribution in [1.82, 2.24) is 0 Å². The third-order valence-electron chi connectivity index (χ3n) is 5.54. The van der Waals surface area contributed by atoms with Crippen LogP contribution in [0.15, 0.2) is 0 Å². The summed E-state index contributed by atoms with van der Waals surface area (Å²) < 4.78 is 32.3. The van der Waals surface area contributed by atoms with Crippen LogP contribution in [0.25, 0.3) is 0 Å². The molecule has 0 N–H and O–H groups in total. The van der Waals surface area contributed by atoms with E-state index in [9.17, 15) is 13.0 Å². The third-order valence-corrected chi connectivity index (χ3v) is 6.33. The van der Waals surface area contributed by atoms with Crippen LogP contribution < -0.4 is 0 Å². The summed E-state index contributed by atoms with van der Waals surface area (Å²) in [7, 11) is -3.98. The van der Waals surface area contributed by atoms with Gasteiger partial charge >= 0.3 is 0 Å². The molecule has 0 amide bonds. The normalized spacial score (nSPS) is 11.9. The highest BCUT2D eigenvalue weighted by atomic mass is 32.2. The van der Waals surface area contributed by atoms with Gasteiger partial charge in [-0.3, -0.25) is 0 Å². The summed E-state index contributed by atoms with van der Waals surface area (Å²) in [6.45, 7) is 17.0. The van der Waals surface area contributed by atoms with E-state index >= 15 is 0 Å². The zero-order chi connectivity index (χ0) is 22.4. The minimum absolute atomic E-state index is 0.191. The Morgan fingerprint density at radius 2 is 0.828 bits per heavy atom. The molecule has 0 bridgehead atoms. The van der Waals surface area contributed by atoms with Gasteiger partial charge < -0.3 is 9.04 Å². The number of hydrogen-bond donors (Lipinski definition) is 0. The van der Waals surface area contributed by atoms with E-state index < -0.39 is 10.1 Å². The fourth-order valence-electron chi connectivity index (χ4n) is 4.33. The predicted molar refractivity (Wildman–Crippen MR) is 127 cm³/mol. The van der Waals surface area contributed by atoms with E-state index in [0.29, 0.717) is 6.42 Å². The molecule has 0 rings (SSSR count). The Hall–Kier alpha value is -0.130. The van der Waals surface area contributed by atoms with E-state index in [0.717, 1.165) is 12.8 Å². The predicted octanol–water partition coefficient (Wildman–Crippen LogP) is 6.90. The molecule has 0 aromatic rings. The standard InChI is InChI=1S/C12H28N.C12H26O3S/c1-5-9-13(10-6-2,11-7-3)12-8-4;1-2-3-4-5-6-7-8-9-10-11-12-16(13,14)15/h5-12H2,1-4H3;2-12H2,1H3,(H,13,14,15)/q+1;/p-1. The van der Waals surface area contributed by atoms with Crippen molar-refractivity contribution in [2.24, 2.45) is 0 Å². The Balaban J connectivity index is 0. The van der Waals surface area contributed by atoms with Crippen LogP contribution in [0.2, 0.25) is 0 Å². The van der Waals surface area contributed by atoms with Crippen molar-refractivity contribution in [3.8, 4) is 0 Å². The Kier molecular flexibility index (Phi) is 22.6. The van der Waals surface area contributed by atoms with Crippen LogP contribution in [-0.2, 0) is 10.1 Å². The molecule has 0 aliphatic carbocycles. The smallest absolute Gasteiger partial charge is 0.0945 e. The van der Waals surface area contributed by atoms with E-state index in [4.69, 9.17) is 0 Å². The second-order valence-corrected chi connectivity index (χ2v) is 10.2. The van der Waals surface area contributed by atoms with E-state index in [1.165, 1.54) is 101 Å². The number of nitrogens with zero attached hydrogens (tertiary/aromatic N) is 1. The summed E-state index contributed by atoms with van der Waals surface area (Å²) >= 11 is 0. The van der Waals surface area contributed by atoms with Gasteiger partial charge in [0.1, 0.15) is 0 Å². The van der Waals surface area contributed by atoms with Crippen molar-refractivity contribution in [3.05, 3.63) is 0 Å². The number of rotatable bonds is 19. The van der Waals surface area contributed by atoms with Crippen molar-refractivity contribution in [3.63, 3.8) is 0 Å². The minimum atomic E-state index is -3.98. The molecule has 0 aromatic carbocycles. The molecule has 0 saturated heterocycles. The molecule has 0 aliphatic rings. The lowest BCUT2D eigenvalue weighted by molar-refractivity contribution is -0.928. The first-order chi connectivity index (χ1) is 13.8. The maximum Gasteiger partial charge on any atom is 0.0945 e. The van der Waals surface area contributed by atoms with Crippen molar-refractivity contribution in [2.45, 2.75) is 125 Å². The summed E-state index contributed by atoms with van der Waals surface area (Å²) in [5, 5.41) is 0. The molecule has 0 spiro atoms. The first-order valence-corrected chi connectivity index (χ1v) is 14.2. The molecule has 0 unspecified atom stereocenters. The van der Waals surface area contributed by atoms with Crippen LogP contribution in [0.3, 0.4) is 0 Å². The second kappa shape index (κ2) is 21.1. The summed E-state index contributed by atoms with van der Waals surface area (Å²) in [4.78, 5) is 0. The first kappa shape index (κ1) is 31.1. The average Bonchev–Trinajstić information content (AvgIpc) is 2.64. The van der Waals surface area contributed by atoms with Gasteiger partial charge in [0, 0.05) is 5.75 Å². The third kappa shape index (κ3) is 22.4. The highest BCUT2D eigenvalue weighted by Gasteiger charge is 2.22. The fourth-order valence-corrected chi connectivity index (χ4v) is 4.89. The van der Waals surface area contributed by atoms with Crippen molar-refractivity contribution in [1.29, 1.82) is 0 Å². The van der Waals surface area contributed by atoms with Gasteiger partial charge in [-0.05, 0) is 32.1 Å². The number of hydrogen-bond acceptors (Lipinski definition) is 3. The van der Waals surface area contributed by atoms with Crippen LogP contribution in [0.1, 0.15) is 125 Å². The quantitative estimate of drug-likeness (QED) is 0.126. The zero-order valence-electron chi connectivity index (χ0n) is 20.5. The average molecular weight is 436 g/mol. The van der Waals surface area contributed by atoms with Gasteiger partial charge in [0.25, 0.3) is 0 Å². The summed E-state index contributed by atoms with van der Waals surface area (Å²) in [6, 6.07) is 0. The number of quaternary nitrogens is 1. The molecule has 178 valence electrons. The fraction of sp³-hybridized carbons (Fsp3) is 1.00. The molecule has 29 heavy (non-hydrogen) atoms. The molecule has 0 atom stereocenters. The Morgan fingerprint density at radius 3 is 1.10 bits per heavy atom. The molecule has 0 aliphatic heterocycles. The molecule has 4 nitrogen and oxygen atoms in total. The molecular weight excluding hydrogens is 382 g/mol. The largest absolute Gasteiger partial charge is 0.748 e. The Morgan fingerprint density at radius 1 is 0.517 bits per heavy atom. The Labute approximate surface area is 184 Å². The summed E-state index contributed by atoms with van der Waals surface area (Å²) in [5.74, 6) is -0.191.